The van der Waals surface area contributed by atoms with Gasteiger partial charge >= 0.3 is 0 Å². The average Bonchev–Trinajstić information content (AvgIpc) is 2.80. The molecule has 0 N–H and O–H groups in total. The summed E-state index contributed by atoms with van der Waals surface area (Å²) in [7, 11) is -1.08. The molecule has 2 aromatic heterocycles. The van der Waals surface area contributed by atoms with E-state index in [0.717, 1.165) is 10.5 Å². The molecule has 0 amide bonds. The lowest BCUT2D eigenvalue weighted by atomic mass is 10.3. The Balaban J connectivity index is 2.11. The number of aromatic nitrogens is 1. The van der Waals surface area contributed by atoms with Crippen LogP contribution in [0.1, 0.15) is 5.56 Å². The molecular weight excluding hydrogens is 226 g/mol. The largest absolute Gasteiger partial charge is 0.265 e. The summed E-state index contributed by atoms with van der Waals surface area (Å²) in [5, 5.41) is 5.70. The van der Waals surface area contributed by atoms with Crippen LogP contribution in [-0.4, -0.2) is 9.19 Å². The Hall–Kier alpha value is -1.26. The van der Waals surface area contributed by atoms with Crippen LogP contribution < -0.4 is 0 Å². The van der Waals surface area contributed by atoms with Gasteiger partial charge < -0.3 is 0 Å². The fourth-order valence-corrected chi connectivity index (χ4v) is 2.52. The van der Waals surface area contributed by atoms with Crippen LogP contribution in [-0.2, 0) is 10.8 Å². The SMILES string of the molecule is O=S(/C=C\c1ccsc1)c1ccncc1. The van der Waals surface area contributed by atoms with Gasteiger partial charge in [-0.15, -0.1) is 0 Å². The molecular formula is C11H9NOS2. The van der Waals surface area contributed by atoms with Crippen LogP contribution in [0.25, 0.3) is 6.08 Å². The van der Waals surface area contributed by atoms with E-state index in [2.05, 4.69) is 4.98 Å². The summed E-state index contributed by atoms with van der Waals surface area (Å²) in [5.74, 6) is 0. The molecule has 0 bridgehead atoms. The molecule has 4 heteroatoms. The first-order chi connectivity index (χ1) is 7.36. The highest BCUT2D eigenvalue weighted by Gasteiger charge is 1.97. The summed E-state index contributed by atoms with van der Waals surface area (Å²) in [6.07, 6.45) is 5.16. The van der Waals surface area contributed by atoms with E-state index in [1.54, 1.807) is 41.3 Å². The van der Waals surface area contributed by atoms with Crippen molar-refractivity contribution in [3.05, 3.63) is 52.3 Å². The van der Waals surface area contributed by atoms with Gasteiger partial charge in [-0.2, -0.15) is 11.3 Å². The maximum absolute atomic E-state index is 11.7. The second-order valence-electron chi connectivity index (χ2n) is 2.84. The first-order valence-corrected chi connectivity index (χ1v) is 6.53. The number of hydrogen-bond donors (Lipinski definition) is 0. The minimum atomic E-state index is -1.08. The minimum absolute atomic E-state index is 0.775. The Bertz CT molecular complexity index is 463. The van der Waals surface area contributed by atoms with Crippen molar-refractivity contribution in [2.45, 2.75) is 4.90 Å². The Labute approximate surface area is 94.8 Å². The Morgan fingerprint density at radius 3 is 2.73 bits per heavy atom. The van der Waals surface area contributed by atoms with Gasteiger partial charge in [0.25, 0.3) is 0 Å². The van der Waals surface area contributed by atoms with E-state index < -0.39 is 10.8 Å². The molecule has 2 nitrogen and oxygen atoms in total. The molecule has 0 aliphatic carbocycles. The van der Waals surface area contributed by atoms with Crippen molar-refractivity contribution < 1.29 is 4.21 Å². The zero-order valence-corrected chi connectivity index (χ0v) is 9.50. The fourth-order valence-electron chi connectivity index (χ4n) is 1.06. The monoisotopic (exact) mass is 235 g/mol. The number of nitrogens with zero attached hydrogens (tertiary/aromatic N) is 1. The molecule has 2 rings (SSSR count). The van der Waals surface area contributed by atoms with Crippen LogP contribution in [0.2, 0.25) is 0 Å². The molecule has 1 unspecified atom stereocenters. The lowest BCUT2D eigenvalue weighted by Crippen LogP contribution is -1.85. The van der Waals surface area contributed by atoms with Crippen LogP contribution in [0.5, 0.6) is 0 Å². The first-order valence-electron chi connectivity index (χ1n) is 4.37. The van der Waals surface area contributed by atoms with E-state index in [9.17, 15) is 4.21 Å². The van der Waals surface area contributed by atoms with Gasteiger partial charge in [-0.3, -0.25) is 4.98 Å². The van der Waals surface area contributed by atoms with Crippen LogP contribution in [0, 0.1) is 0 Å². The Morgan fingerprint density at radius 1 is 1.27 bits per heavy atom. The Morgan fingerprint density at radius 2 is 2.07 bits per heavy atom. The minimum Gasteiger partial charge on any atom is -0.265 e. The van der Waals surface area contributed by atoms with Gasteiger partial charge in [0.15, 0.2) is 0 Å². The predicted octanol–water partition coefficient (Wildman–Crippen LogP) is 2.92. The van der Waals surface area contributed by atoms with Crippen molar-refractivity contribution in [1.82, 2.24) is 4.98 Å². The third-order valence-electron chi connectivity index (χ3n) is 1.81. The van der Waals surface area contributed by atoms with Gasteiger partial charge in [-0.25, -0.2) is 4.21 Å². The third kappa shape index (κ3) is 2.84. The topological polar surface area (TPSA) is 30.0 Å². The lowest BCUT2D eigenvalue weighted by molar-refractivity contribution is 0.688. The number of thiophene rings is 1. The predicted molar refractivity (Wildman–Crippen MR) is 64.0 cm³/mol. The van der Waals surface area contributed by atoms with Gasteiger partial charge in [0.2, 0.25) is 0 Å². The van der Waals surface area contributed by atoms with Gasteiger partial charge in [0.05, 0.1) is 10.8 Å². The molecule has 15 heavy (non-hydrogen) atoms. The molecule has 2 aromatic rings. The van der Waals surface area contributed by atoms with E-state index >= 15 is 0 Å². The van der Waals surface area contributed by atoms with Gasteiger partial charge in [0.1, 0.15) is 0 Å². The molecule has 0 radical (unpaired) electrons. The van der Waals surface area contributed by atoms with E-state index in [-0.39, 0.29) is 0 Å². The summed E-state index contributed by atoms with van der Waals surface area (Å²) in [6, 6.07) is 5.51. The highest BCUT2D eigenvalue weighted by atomic mass is 32.2. The molecule has 0 aromatic carbocycles. The summed E-state index contributed by atoms with van der Waals surface area (Å²) in [4.78, 5) is 4.66. The molecule has 0 spiro atoms. The smallest absolute Gasteiger partial charge is 0.0777 e. The molecule has 76 valence electrons. The molecule has 0 saturated carbocycles. The van der Waals surface area contributed by atoms with Gasteiger partial charge in [-0.1, -0.05) is 0 Å². The van der Waals surface area contributed by atoms with Gasteiger partial charge in [-0.05, 0) is 40.6 Å². The zero-order valence-electron chi connectivity index (χ0n) is 7.87. The van der Waals surface area contributed by atoms with E-state index in [1.807, 2.05) is 22.9 Å². The quantitative estimate of drug-likeness (QED) is 0.818. The van der Waals surface area contributed by atoms with Crippen molar-refractivity contribution in [3.63, 3.8) is 0 Å². The van der Waals surface area contributed by atoms with Crippen LogP contribution in [0.4, 0.5) is 0 Å². The Kier molecular flexibility index (Phi) is 3.42. The molecule has 0 saturated heterocycles. The van der Waals surface area contributed by atoms with Gasteiger partial charge in [0, 0.05) is 22.7 Å². The lowest BCUT2D eigenvalue weighted by Gasteiger charge is -1.93. The summed E-state index contributed by atoms with van der Waals surface area (Å²) in [6.45, 7) is 0. The molecule has 0 fully saturated rings. The number of hydrogen-bond acceptors (Lipinski definition) is 3. The van der Waals surface area contributed by atoms with Crippen molar-refractivity contribution in [2.24, 2.45) is 0 Å². The zero-order chi connectivity index (χ0) is 10.5. The maximum Gasteiger partial charge on any atom is 0.0777 e. The highest BCUT2D eigenvalue weighted by molar-refractivity contribution is 7.88. The third-order valence-corrected chi connectivity index (χ3v) is 3.63. The fraction of sp³-hybridized carbons (Fsp3) is 0. The first kappa shape index (κ1) is 10.3. The average molecular weight is 235 g/mol. The normalized spacial score (nSPS) is 13.1. The van der Waals surface area contributed by atoms with E-state index in [4.69, 9.17) is 0 Å². The maximum atomic E-state index is 11.7. The summed E-state index contributed by atoms with van der Waals surface area (Å²) >= 11 is 1.63. The van der Waals surface area contributed by atoms with E-state index in [1.165, 1.54) is 0 Å². The van der Waals surface area contributed by atoms with E-state index in [0.29, 0.717) is 0 Å². The molecule has 1 atom stereocenters. The second-order valence-corrected chi connectivity index (χ2v) is 4.96. The molecule has 2 heterocycles. The van der Waals surface area contributed by atoms with Crippen molar-refractivity contribution in [2.75, 3.05) is 0 Å². The number of rotatable bonds is 3. The highest BCUT2D eigenvalue weighted by Crippen LogP contribution is 2.11. The van der Waals surface area contributed by atoms with Crippen molar-refractivity contribution in [1.29, 1.82) is 0 Å². The summed E-state index contributed by atoms with van der Waals surface area (Å²) in [5.41, 5.74) is 1.09. The standard InChI is InChI=1S/C11H9NOS2/c13-15(11-1-5-12-6-2-11)8-4-10-3-7-14-9-10/h1-9H/b8-4-. The molecule has 0 aliphatic rings. The van der Waals surface area contributed by atoms with Crippen LogP contribution in [0.15, 0.2) is 51.7 Å². The molecule has 0 aliphatic heterocycles. The number of pyridine rings is 1. The van der Waals surface area contributed by atoms with Crippen molar-refractivity contribution in [3.8, 4) is 0 Å². The van der Waals surface area contributed by atoms with Crippen molar-refractivity contribution >= 4 is 28.2 Å². The second kappa shape index (κ2) is 5.00. The van der Waals surface area contributed by atoms with Crippen LogP contribution in [0.3, 0.4) is 0 Å². The van der Waals surface area contributed by atoms with Crippen LogP contribution >= 0.6 is 11.3 Å². The summed E-state index contributed by atoms with van der Waals surface area (Å²) < 4.78 is 11.7.